The van der Waals surface area contributed by atoms with E-state index in [4.69, 9.17) is 11.6 Å². The molecule has 3 aliphatic rings. The molecule has 43 heavy (non-hydrogen) atoms. The average molecular weight is 673 g/mol. The van der Waals surface area contributed by atoms with E-state index in [2.05, 4.69) is 4.72 Å². The molecule has 2 unspecified atom stereocenters. The quantitative estimate of drug-likeness (QED) is 0.384. The molecule has 3 heterocycles. The first kappa shape index (κ1) is 32.6. The molecule has 2 aromatic rings. The van der Waals surface area contributed by atoms with Crippen LogP contribution in [0, 0.1) is 5.92 Å². The van der Waals surface area contributed by atoms with Crippen LogP contribution in [0.4, 0.5) is 0 Å². The van der Waals surface area contributed by atoms with Gasteiger partial charge in [-0.25, -0.2) is 21.1 Å². The number of sulfonamides is 2. The summed E-state index contributed by atoms with van der Waals surface area (Å²) in [5.74, 6) is 0.0204. The molecule has 2 amide bonds. The zero-order chi connectivity index (χ0) is 30.9. The molecule has 1 aromatic heterocycles. The molecule has 1 N–H and O–H groups in total. The summed E-state index contributed by atoms with van der Waals surface area (Å²) in [6, 6.07) is 5.90. The molecule has 14 heteroatoms. The van der Waals surface area contributed by atoms with Gasteiger partial charge in [-0.3, -0.25) is 9.59 Å². The summed E-state index contributed by atoms with van der Waals surface area (Å²) in [4.78, 5) is 30.2. The normalized spacial score (nSPS) is 25.3. The molecule has 0 bridgehead atoms. The minimum Gasteiger partial charge on any atom is -0.338 e. The Bertz CT molecular complexity index is 1560. The number of likely N-dealkylation sites (tertiary alicyclic amines) is 2. The maximum Gasteiger partial charge on any atom is 0.250 e. The number of nitrogens with one attached hydrogen (secondary N) is 1. The third kappa shape index (κ3) is 7.38. The fourth-order valence-corrected chi connectivity index (χ4v) is 11.1. The lowest BCUT2D eigenvalue weighted by Crippen LogP contribution is -2.54. The SMILES string of the molecule is CCCS(=O)(=O)N(C)C1CCC(C[C@@H]2CCCN2C(=O)CN2CCC[C@H](NS(=O)(=O)c3cc4cc(Cl)ccc4s3)C2=O)C1. The van der Waals surface area contributed by atoms with Gasteiger partial charge in [0, 0.05) is 41.9 Å². The Morgan fingerprint density at radius 3 is 2.63 bits per heavy atom. The van der Waals surface area contributed by atoms with Gasteiger partial charge in [-0.1, -0.05) is 18.5 Å². The van der Waals surface area contributed by atoms with Crippen LogP contribution in [0.5, 0.6) is 0 Å². The van der Waals surface area contributed by atoms with Crippen molar-refractivity contribution >= 4 is 64.9 Å². The first-order chi connectivity index (χ1) is 20.4. The van der Waals surface area contributed by atoms with Crippen molar-refractivity contribution in [2.45, 2.75) is 87.0 Å². The van der Waals surface area contributed by atoms with E-state index in [1.54, 1.807) is 35.6 Å². The molecule has 3 fully saturated rings. The third-order valence-electron chi connectivity index (χ3n) is 9.11. The number of hydrogen-bond donors (Lipinski definition) is 1. The lowest BCUT2D eigenvalue weighted by molar-refractivity contribution is -0.143. The van der Waals surface area contributed by atoms with Crippen LogP contribution in [0.1, 0.15) is 64.7 Å². The van der Waals surface area contributed by atoms with E-state index in [1.165, 1.54) is 4.90 Å². The van der Waals surface area contributed by atoms with Gasteiger partial charge in [0.25, 0.3) is 10.0 Å². The van der Waals surface area contributed by atoms with Gasteiger partial charge in [-0.2, -0.15) is 4.72 Å². The topological polar surface area (TPSA) is 124 Å². The van der Waals surface area contributed by atoms with Crippen molar-refractivity contribution in [3.8, 4) is 0 Å². The first-order valence-electron chi connectivity index (χ1n) is 15.1. The Morgan fingerprint density at radius 2 is 1.86 bits per heavy atom. The van der Waals surface area contributed by atoms with Crippen LogP contribution in [0.25, 0.3) is 10.1 Å². The van der Waals surface area contributed by atoms with Crippen LogP contribution in [-0.2, 0) is 29.6 Å². The maximum absolute atomic E-state index is 13.5. The molecule has 238 valence electrons. The molecular weight excluding hydrogens is 632 g/mol. The number of rotatable bonds is 11. The minimum absolute atomic E-state index is 0.00384. The number of benzene rings is 1. The highest BCUT2D eigenvalue weighted by molar-refractivity contribution is 7.91. The van der Waals surface area contributed by atoms with Crippen LogP contribution in [0.15, 0.2) is 28.5 Å². The van der Waals surface area contributed by atoms with Gasteiger partial charge in [-0.15, -0.1) is 11.3 Å². The molecule has 2 aliphatic heterocycles. The Morgan fingerprint density at radius 1 is 1.09 bits per heavy atom. The number of carbonyl (C=O) groups excluding carboxylic acids is 2. The fraction of sp³-hybridized carbons (Fsp3) is 0.655. The van der Waals surface area contributed by atoms with Gasteiger partial charge in [0.15, 0.2) is 0 Å². The second-order valence-corrected chi connectivity index (χ2v) is 17.7. The van der Waals surface area contributed by atoms with Crippen molar-refractivity contribution in [2.24, 2.45) is 5.92 Å². The van der Waals surface area contributed by atoms with Crippen molar-refractivity contribution in [1.82, 2.24) is 18.8 Å². The lowest BCUT2D eigenvalue weighted by atomic mass is 9.96. The molecule has 5 rings (SSSR count). The Hall–Kier alpha value is -1.77. The van der Waals surface area contributed by atoms with Crippen LogP contribution >= 0.6 is 22.9 Å². The third-order valence-corrected chi connectivity index (χ3v) is 14.5. The van der Waals surface area contributed by atoms with E-state index >= 15 is 0 Å². The highest BCUT2D eigenvalue weighted by Gasteiger charge is 2.39. The maximum atomic E-state index is 13.5. The predicted molar refractivity (Wildman–Crippen MR) is 169 cm³/mol. The highest BCUT2D eigenvalue weighted by Crippen LogP contribution is 2.36. The summed E-state index contributed by atoms with van der Waals surface area (Å²) >= 11 is 7.17. The molecule has 0 spiro atoms. The number of fused-ring (bicyclic) bond motifs is 1. The van der Waals surface area contributed by atoms with E-state index in [9.17, 15) is 26.4 Å². The highest BCUT2D eigenvalue weighted by atomic mass is 35.5. The largest absolute Gasteiger partial charge is 0.338 e. The number of halogens is 1. The number of carbonyl (C=O) groups is 2. The summed E-state index contributed by atoms with van der Waals surface area (Å²) in [7, 11) is -5.50. The van der Waals surface area contributed by atoms with Gasteiger partial charge in [-0.05, 0) is 93.4 Å². The van der Waals surface area contributed by atoms with E-state index in [1.807, 2.05) is 11.8 Å². The minimum atomic E-state index is -3.94. The van der Waals surface area contributed by atoms with Crippen LogP contribution in [-0.4, -0.2) is 93.3 Å². The standard InChI is InChI=1S/C29H41ClN4O6S3/c1-3-14-42(37,38)32(2)23-10-8-20(15-23)16-24-6-4-13-34(24)27(35)19-33-12-5-7-25(29(33)36)31-43(39,40)28-18-21-17-22(30)9-11-26(21)41-28/h9,11,17-18,20,23-25,31H,3-8,10,12-16,19H2,1-2H3/t20?,23?,24-,25-/m0/s1. The Labute approximate surface area is 263 Å². The summed E-state index contributed by atoms with van der Waals surface area (Å²) in [6.07, 6.45) is 6.76. The van der Waals surface area contributed by atoms with Gasteiger partial charge in [0.2, 0.25) is 21.8 Å². The van der Waals surface area contributed by atoms with Crippen molar-refractivity contribution in [3.63, 3.8) is 0 Å². The number of hydrogen-bond acceptors (Lipinski definition) is 7. The second kappa shape index (κ2) is 13.3. The molecule has 10 nitrogen and oxygen atoms in total. The Balaban J connectivity index is 1.17. The van der Waals surface area contributed by atoms with Crippen molar-refractivity contribution in [1.29, 1.82) is 0 Å². The van der Waals surface area contributed by atoms with E-state index < -0.39 is 26.1 Å². The van der Waals surface area contributed by atoms with Gasteiger partial charge in [0.05, 0.1) is 12.3 Å². The first-order valence-corrected chi connectivity index (χ1v) is 19.4. The molecule has 4 atom stereocenters. The van der Waals surface area contributed by atoms with E-state index in [-0.39, 0.29) is 40.4 Å². The van der Waals surface area contributed by atoms with Crippen LogP contribution in [0.2, 0.25) is 5.02 Å². The molecule has 2 saturated heterocycles. The van der Waals surface area contributed by atoms with Gasteiger partial charge < -0.3 is 9.80 Å². The average Bonchev–Trinajstić information content (AvgIpc) is 3.70. The zero-order valence-electron chi connectivity index (χ0n) is 24.7. The van der Waals surface area contributed by atoms with E-state index in [0.29, 0.717) is 43.3 Å². The molecule has 0 radical (unpaired) electrons. The van der Waals surface area contributed by atoms with Crippen molar-refractivity contribution in [3.05, 3.63) is 29.3 Å². The monoisotopic (exact) mass is 672 g/mol. The summed E-state index contributed by atoms with van der Waals surface area (Å²) in [5.41, 5.74) is 0. The fourth-order valence-electron chi connectivity index (χ4n) is 6.84. The van der Waals surface area contributed by atoms with Gasteiger partial charge >= 0.3 is 0 Å². The number of thiophene rings is 1. The number of piperidine rings is 1. The van der Waals surface area contributed by atoms with Gasteiger partial charge in [0.1, 0.15) is 10.3 Å². The summed E-state index contributed by atoms with van der Waals surface area (Å²) < 4.78 is 56.5. The lowest BCUT2D eigenvalue weighted by Gasteiger charge is -2.34. The molecular formula is C29H41ClN4O6S3. The number of amides is 2. The molecule has 1 saturated carbocycles. The zero-order valence-corrected chi connectivity index (χ0v) is 27.9. The summed E-state index contributed by atoms with van der Waals surface area (Å²) in [6.45, 7) is 2.85. The van der Waals surface area contributed by atoms with E-state index in [0.717, 1.165) is 59.9 Å². The predicted octanol–water partition coefficient (Wildman–Crippen LogP) is 4.05. The van der Waals surface area contributed by atoms with Crippen LogP contribution < -0.4 is 4.72 Å². The number of nitrogens with zero attached hydrogens (tertiary/aromatic N) is 3. The van der Waals surface area contributed by atoms with Crippen LogP contribution in [0.3, 0.4) is 0 Å². The second-order valence-electron chi connectivity index (χ2n) is 12.1. The molecule has 1 aliphatic carbocycles. The van der Waals surface area contributed by atoms with Crippen molar-refractivity contribution in [2.75, 3.05) is 32.4 Å². The smallest absolute Gasteiger partial charge is 0.250 e. The van der Waals surface area contributed by atoms with Crippen molar-refractivity contribution < 1.29 is 26.4 Å². The summed E-state index contributed by atoms with van der Waals surface area (Å²) in [5, 5.41) is 1.24. The molecule has 1 aromatic carbocycles. The Kier molecular flexibility index (Phi) is 10.1.